The van der Waals surface area contributed by atoms with Gasteiger partial charge in [-0.3, -0.25) is 9.59 Å². The van der Waals surface area contributed by atoms with Gasteiger partial charge in [0.05, 0.1) is 18.8 Å². The van der Waals surface area contributed by atoms with E-state index < -0.39 is 0 Å². The summed E-state index contributed by atoms with van der Waals surface area (Å²) < 4.78 is 5.93. The number of carbonyl (C=O) groups is 2. The number of rotatable bonds is 12. The largest absolute Gasteiger partial charge is 0.494 e. The Morgan fingerprint density at radius 3 is 2.61 bits per heavy atom. The lowest BCUT2D eigenvalue weighted by Crippen LogP contribution is -2.45. The van der Waals surface area contributed by atoms with Crippen LogP contribution in [-0.2, 0) is 16.1 Å². The van der Waals surface area contributed by atoms with Crippen molar-refractivity contribution in [1.29, 1.82) is 0 Å². The molecule has 198 valence electrons. The van der Waals surface area contributed by atoms with E-state index in [2.05, 4.69) is 10.3 Å². The molecule has 0 bridgehead atoms. The van der Waals surface area contributed by atoms with E-state index >= 15 is 0 Å². The smallest absolute Gasteiger partial charge is 0.239 e. The number of amides is 2. The lowest BCUT2D eigenvalue weighted by atomic mass is 10.0. The molecule has 2 aliphatic carbocycles. The lowest BCUT2D eigenvalue weighted by molar-refractivity contribution is -0.130. The first kappa shape index (κ1) is 26.3. The molecule has 8 nitrogen and oxygen atoms in total. The van der Waals surface area contributed by atoms with Crippen LogP contribution in [0.2, 0.25) is 0 Å². The second-order valence-corrected chi connectivity index (χ2v) is 10.8. The number of nitrogens with one attached hydrogen (secondary N) is 1. The van der Waals surface area contributed by atoms with Crippen LogP contribution in [0.25, 0.3) is 0 Å². The Kier molecular flexibility index (Phi) is 9.47. The third-order valence-electron chi connectivity index (χ3n) is 7.89. The monoisotopic (exact) mass is 497 g/mol. The van der Waals surface area contributed by atoms with Gasteiger partial charge < -0.3 is 25.6 Å². The summed E-state index contributed by atoms with van der Waals surface area (Å²) in [6.07, 6.45) is 12.5. The Bertz CT molecular complexity index is 922. The fraction of sp³-hybridized carbons (Fsp3) is 0.679. The zero-order valence-electron chi connectivity index (χ0n) is 21.8. The number of fused-ring (bicyclic) bond motifs is 1. The average molecular weight is 498 g/mol. The van der Waals surface area contributed by atoms with Crippen molar-refractivity contribution in [1.82, 2.24) is 15.1 Å². The molecule has 8 heteroatoms. The molecule has 1 aliphatic heterocycles. The molecule has 3 aliphatic rings. The van der Waals surface area contributed by atoms with Crippen molar-refractivity contribution >= 4 is 23.5 Å². The first-order chi connectivity index (χ1) is 17.5. The van der Waals surface area contributed by atoms with Gasteiger partial charge in [-0.1, -0.05) is 38.5 Å². The van der Waals surface area contributed by atoms with E-state index in [9.17, 15) is 9.59 Å². The number of hydrogen-bond donors (Lipinski definition) is 2. The molecule has 2 amide bonds. The number of hydrogen-bond acceptors (Lipinski definition) is 6. The van der Waals surface area contributed by atoms with Gasteiger partial charge in [-0.15, -0.1) is 0 Å². The van der Waals surface area contributed by atoms with Crippen LogP contribution in [0.3, 0.4) is 0 Å². The number of ether oxygens (including phenoxy) is 1. The summed E-state index contributed by atoms with van der Waals surface area (Å²) in [5.74, 6) is 2.71. The molecule has 2 fully saturated rings. The first-order valence-corrected chi connectivity index (χ1v) is 13.8. The molecule has 36 heavy (non-hydrogen) atoms. The highest BCUT2D eigenvalue weighted by Gasteiger charge is 2.22. The van der Waals surface area contributed by atoms with Gasteiger partial charge >= 0.3 is 0 Å². The number of carbonyl (C=O) groups excluding carboxylic acids is 2. The highest BCUT2D eigenvalue weighted by atomic mass is 16.5. The molecule has 0 atom stereocenters. The maximum absolute atomic E-state index is 12.5. The molecule has 2 saturated carbocycles. The van der Waals surface area contributed by atoms with E-state index in [0.29, 0.717) is 37.9 Å². The predicted octanol–water partition coefficient (Wildman–Crippen LogP) is 3.95. The van der Waals surface area contributed by atoms with Crippen molar-refractivity contribution in [3.8, 4) is 5.75 Å². The van der Waals surface area contributed by atoms with E-state index in [-0.39, 0.29) is 18.4 Å². The second-order valence-electron chi connectivity index (χ2n) is 10.8. The van der Waals surface area contributed by atoms with Gasteiger partial charge in [0, 0.05) is 38.7 Å². The van der Waals surface area contributed by atoms with Gasteiger partial charge in [-0.25, -0.2) is 4.99 Å². The fourth-order valence-corrected chi connectivity index (χ4v) is 5.74. The zero-order valence-corrected chi connectivity index (χ0v) is 21.8. The molecule has 0 aromatic heterocycles. The molecule has 0 spiro atoms. The van der Waals surface area contributed by atoms with Crippen molar-refractivity contribution in [2.24, 2.45) is 22.6 Å². The summed E-state index contributed by atoms with van der Waals surface area (Å²) in [6, 6.07) is 5.75. The minimum absolute atomic E-state index is 0.0235. The van der Waals surface area contributed by atoms with Gasteiger partial charge in [0.2, 0.25) is 11.8 Å². The van der Waals surface area contributed by atoms with Gasteiger partial charge in [0.15, 0.2) is 5.96 Å². The maximum Gasteiger partial charge on any atom is 0.239 e. The molecule has 0 unspecified atom stereocenters. The van der Waals surface area contributed by atoms with Crippen LogP contribution in [0.5, 0.6) is 5.75 Å². The molecule has 1 heterocycles. The van der Waals surface area contributed by atoms with Gasteiger partial charge in [0.1, 0.15) is 5.75 Å². The van der Waals surface area contributed by atoms with Crippen molar-refractivity contribution < 1.29 is 14.3 Å². The fourth-order valence-electron chi connectivity index (χ4n) is 5.74. The summed E-state index contributed by atoms with van der Waals surface area (Å²) in [7, 11) is 1.92. The molecule has 0 radical (unpaired) electrons. The van der Waals surface area contributed by atoms with Crippen LogP contribution < -0.4 is 15.8 Å². The number of benzene rings is 1. The summed E-state index contributed by atoms with van der Waals surface area (Å²) in [6.45, 7) is 2.80. The highest BCUT2D eigenvalue weighted by Crippen LogP contribution is 2.30. The molecule has 0 saturated heterocycles. The van der Waals surface area contributed by atoms with Crippen LogP contribution in [0.1, 0.15) is 76.2 Å². The Balaban J connectivity index is 1.18. The van der Waals surface area contributed by atoms with E-state index in [1.807, 2.05) is 30.1 Å². The Hall–Kier alpha value is -2.77. The van der Waals surface area contributed by atoms with Crippen LogP contribution in [-0.4, -0.2) is 60.9 Å². The van der Waals surface area contributed by atoms with E-state index in [0.717, 1.165) is 42.4 Å². The van der Waals surface area contributed by atoms with E-state index in [4.69, 9.17) is 10.5 Å². The normalized spacial score (nSPS) is 18.1. The SMILES string of the molecule is CN(CC1CCCC1)C(=O)CCCOc1ccc2c(c1)CN(CC(=O)NCCC1CCCC1)C(N)=N2. The lowest BCUT2D eigenvalue weighted by Gasteiger charge is -2.28. The van der Waals surface area contributed by atoms with Crippen molar-refractivity contribution in [3.05, 3.63) is 23.8 Å². The minimum atomic E-state index is -0.0235. The third kappa shape index (κ3) is 7.61. The molecule has 3 N–H and O–H groups in total. The number of nitrogens with two attached hydrogens (primary N) is 1. The standard InChI is InChI=1S/C28H43N5O3/c1-32(18-22-9-4-5-10-22)27(35)11-6-16-36-24-12-13-25-23(17-24)19-33(28(29)31-25)20-26(34)30-15-14-21-7-2-3-8-21/h12-13,17,21-22H,2-11,14-16,18-20H2,1H3,(H2,29,31)(H,30,34). The quantitative estimate of drug-likeness (QED) is 0.426. The molecular formula is C28H43N5O3. The Morgan fingerprint density at radius 2 is 1.86 bits per heavy atom. The van der Waals surface area contributed by atoms with Crippen molar-refractivity contribution in [3.63, 3.8) is 0 Å². The van der Waals surface area contributed by atoms with Crippen molar-refractivity contribution in [2.45, 2.75) is 77.2 Å². The summed E-state index contributed by atoms with van der Waals surface area (Å²) in [5.41, 5.74) is 7.93. The summed E-state index contributed by atoms with van der Waals surface area (Å²) in [5, 5.41) is 3.04. The average Bonchev–Trinajstić information content (AvgIpc) is 3.57. The molecule has 1 aromatic rings. The van der Waals surface area contributed by atoms with Gasteiger partial charge in [0.25, 0.3) is 0 Å². The highest BCUT2D eigenvalue weighted by molar-refractivity contribution is 5.88. The Morgan fingerprint density at radius 1 is 1.14 bits per heavy atom. The van der Waals surface area contributed by atoms with Crippen LogP contribution in [0.4, 0.5) is 5.69 Å². The number of aliphatic imine (C=N–C) groups is 1. The molecule has 4 rings (SSSR count). The predicted molar refractivity (Wildman–Crippen MR) is 142 cm³/mol. The maximum atomic E-state index is 12.5. The summed E-state index contributed by atoms with van der Waals surface area (Å²) in [4.78, 5) is 33.1. The molecule has 1 aromatic carbocycles. The van der Waals surface area contributed by atoms with E-state index in [1.165, 1.54) is 51.4 Å². The summed E-state index contributed by atoms with van der Waals surface area (Å²) >= 11 is 0. The van der Waals surface area contributed by atoms with Gasteiger partial charge in [-0.2, -0.15) is 0 Å². The third-order valence-corrected chi connectivity index (χ3v) is 7.89. The van der Waals surface area contributed by atoms with Crippen LogP contribution in [0.15, 0.2) is 23.2 Å². The van der Waals surface area contributed by atoms with Gasteiger partial charge in [-0.05, 0) is 55.7 Å². The van der Waals surface area contributed by atoms with Crippen LogP contribution in [0, 0.1) is 11.8 Å². The zero-order chi connectivity index (χ0) is 25.3. The molecular weight excluding hydrogens is 454 g/mol. The number of nitrogens with zero attached hydrogens (tertiary/aromatic N) is 3. The van der Waals surface area contributed by atoms with E-state index in [1.54, 1.807) is 4.90 Å². The second kappa shape index (κ2) is 13.0. The van der Waals surface area contributed by atoms with Crippen molar-refractivity contribution in [2.75, 3.05) is 33.3 Å². The topological polar surface area (TPSA) is 100 Å². The Labute approximate surface area is 215 Å². The number of guanidine groups is 1. The van der Waals surface area contributed by atoms with Crippen LogP contribution >= 0.6 is 0 Å². The first-order valence-electron chi connectivity index (χ1n) is 13.8. The minimum Gasteiger partial charge on any atom is -0.494 e.